The van der Waals surface area contributed by atoms with Crippen LogP contribution in [0.5, 0.6) is 11.5 Å². The highest BCUT2D eigenvalue weighted by Crippen LogP contribution is 2.43. The fourth-order valence-corrected chi connectivity index (χ4v) is 4.27. The quantitative estimate of drug-likeness (QED) is 0.322. The minimum Gasteiger partial charge on any atom is -0.507 e. The Balaban J connectivity index is 1.88. The Morgan fingerprint density at radius 3 is 2.66 bits per heavy atom. The van der Waals surface area contributed by atoms with Gasteiger partial charge in [-0.3, -0.25) is 14.5 Å². The van der Waals surface area contributed by atoms with E-state index in [9.17, 15) is 14.7 Å². The number of ketones is 1. The fraction of sp³-hybridized carbons (Fsp3) is 0.208. The Labute approximate surface area is 189 Å². The van der Waals surface area contributed by atoms with E-state index in [0.717, 1.165) is 6.42 Å². The summed E-state index contributed by atoms with van der Waals surface area (Å²) >= 11 is 1.24. The van der Waals surface area contributed by atoms with Crippen LogP contribution in [-0.2, 0) is 9.59 Å². The summed E-state index contributed by atoms with van der Waals surface area (Å²) in [6.45, 7) is 2.53. The van der Waals surface area contributed by atoms with Gasteiger partial charge in [-0.15, -0.1) is 11.3 Å². The summed E-state index contributed by atoms with van der Waals surface area (Å²) < 4.78 is 11.0. The molecule has 0 bridgehead atoms. The number of rotatable bonds is 7. The van der Waals surface area contributed by atoms with Crippen LogP contribution < -0.4 is 14.4 Å². The Hall–Kier alpha value is -3.65. The van der Waals surface area contributed by atoms with Gasteiger partial charge in [0.2, 0.25) is 0 Å². The van der Waals surface area contributed by atoms with Crippen molar-refractivity contribution in [3.63, 3.8) is 0 Å². The Morgan fingerprint density at radius 1 is 1.16 bits per heavy atom. The standard InChI is InChI=1S/C24H22N2O5S/c1-3-11-31-18-9-5-7-16(14-18)21(27)19-20(15-6-4-8-17(13-15)30-2)26(23(29)22(19)28)24-25-10-12-32-24/h4-10,12-14,20,27H,3,11H2,1-2H3/b21-19+. The number of amides is 1. The maximum absolute atomic E-state index is 13.1. The molecule has 1 amide bonds. The predicted molar refractivity (Wildman–Crippen MR) is 122 cm³/mol. The third-order valence-electron chi connectivity index (χ3n) is 5.06. The molecule has 1 aliphatic rings. The van der Waals surface area contributed by atoms with Crippen LogP contribution in [0.25, 0.3) is 5.76 Å². The molecule has 8 heteroatoms. The van der Waals surface area contributed by atoms with E-state index >= 15 is 0 Å². The van der Waals surface area contributed by atoms with Gasteiger partial charge in [-0.2, -0.15) is 0 Å². The van der Waals surface area contributed by atoms with Crippen LogP contribution in [0.3, 0.4) is 0 Å². The van der Waals surface area contributed by atoms with E-state index in [2.05, 4.69) is 4.98 Å². The third kappa shape index (κ3) is 3.97. The second-order valence-electron chi connectivity index (χ2n) is 7.14. The zero-order chi connectivity index (χ0) is 22.7. The van der Waals surface area contributed by atoms with Gasteiger partial charge in [0, 0.05) is 17.1 Å². The number of aliphatic hydroxyl groups excluding tert-OH is 1. The molecule has 7 nitrogen and oxygen atoms in total. The van der Waals surface area contributed by atoms with Crippen molar-refractivity contribution in [1.29, 1.82) is 0 Å². The smallest absolute Gasteiger partial charge is 0.301 e. The maximum atomic E-state index is 13.1. The average Bonchev–Trinajstić information content (AvgIpc) is 3.44. The van der Waals surface area contributed by atoms with Crippen LogP contribution >= 0.6 is 11.3 Å². The molecule has 2 aromatic carbocycles. The van der Waals surface area contributed by atoms with Gasteiger partial charge in [-0.25, -0.2) is 4.98 Å². The van der Waals surface area contributed by atoms with Gasteiger partial charge in [0.1, 0.15) is 17.3 Å². The first kappa shape index (κ1) is 21.6. The van der Waals surface area contributed by atoms with E-state index in [1.165, 1.54) is 16.2 Å². The lowest BCUT2D eigenvalue weighted by Gasteiger charge is -2.23. The van der Waals surface area contributed by atoms with Crippen LogP contribution in [0, 0.1) is 0 Å². The minimum absolute atomic E-state index is 0.00825. The summed E-state index contributed by atoms with van der Waals surface area (Å²) in [7, 11) is 1.54. The monoisotopic (exact) mass is 450 g/mol. The summed E-state index contributed by atoms with van der Waals surface area (Å²) in [4.78, 5) is 31.7. The highest BCUT2D eigenvalue weighted by molar-refractivity contribution is 7.14. The molecule has 0 aliphatic carbocycles. The fourth-order valence-electron chi connectivity index (χ4n) is 3.60. The number of hydrogen-bond donors (Lipinski definition) is 1. The van der Waals surface area contributed by atoms with Gasteiger partial charge < -0.3 is 14.6 Å². The molecule has 2 heterocycles. The number of benzene rings is 2. The van der Waals surface area contributed by atoms with Crippen molar-refractivity contribution in [2.45, 2.75) is 19.4 Å². The summed E-state index contributed by atoms with van der Waals surface area (Å²) in [6.07, 6.45) is 2.40. The van der Waals surface area contributed by atoms with Crippen LogP contribution in [-0.4, -0.2) is 35.5 Å². The number of Topliss-reactive ketones (excluding diaryl/α,β-unsaturated/α-hetero) is 1. The largest absolute Gasteiger partial charge is 0.507 e. The number of nitrogens with zero attached hydrogens (tertiary/aromatic N) is 2. The summed E-state index contributed by atoms with van der Waals surface area (Å²) in [5.41, 5.74) is 1.01. The molecule has 0 radical (unpaired) electrons. The van der Waals surface area contributed by atoms with E-state index < -0.39 is 17.7 Å². The summed E-state index contributed by atoms with van der Waals surface area (Å²) in [6, 6.07) is 13.1. The SMILES string of the molecule is CCCOc1cccc(/C(O)=C2\C(=O)C(=O)N(c3nccs3)C2c2cccc(OC)c2)c1. The van der Waals surface area contributed by atoms with Crippen LogP contribution in [0.2, 0.25) is 0 Å². The van der Waals surface area contributed by atoms with Crippen molar-refractivity contribution in [3.8, 4) is 11.5 Å². The lowest BCUT2D eigenvalue weighted by molar-refractivity contribution is -0.132. The van der Waals surface area contributed by atoms with Gasteiger partial charge in [-0.05, 0) is 36.2 Å². The van der Waals surface area contributed by atoms with Crippen molar-refractivity contribution in [1.82, 2.24) is 4.98 Å². The number of aromatic nitrogens is 1. The number of thiazole rings is 1. The first-order chi connectivity index (χ1) is 15.5. The molecular formula is C24H22N2O5S. The summed E-state index contributed by atoms with van der Waals surface area (Å²) in [5.74, 6) is -0.638. The highest BCUT2D eigenvalue weighted by atomic mass is 32.1. The van der Waals surface area contributed by atoms with Crippen molar-refractivity contribution in [3.05, 3.63) is 76.8 Å². The lowest BCUT2D eigenvalue weighted by Crippen LogP contribution is -2.29. The zero-order valence-corrected chi connectivity index (χ0v) is 18.5. The van der Waals surface area contributed by atoms with E-state index in [1.807, 2.05) is 6.92 Å². The Bertz CT molecular complexity index is 1170. The molecule has 1 fully saturated rings. The number of ether oxygens (including phenoxy) is 2. The van der Waals surface area contributed by atoms with Crippen LogP contribution in [0.1, 0.15) is 30.5 Å². The molecule has 3 aromatic rings. The molecule has 0 saturated carbocycles. The van der Waals surface area contributed by atoms with Crippen molar-refractivity contribution in [2.24, 2.45) is 0 Å². The average molecular weight is 451 g/mol. The normalized spacial score (nSPS) is 17.6. The molecule has 1 aromatic heterocycles. The first-order valence-electron chi connectivity index (χ1n) is 10.1. The molecule has 164 valence electrons. The Kier molecular flexibility index (Phi) is 6.23. The number of carbonyl (C=O) groups excluding carboxylic acids is 2. The predicted octanol–water partition coefficient (Wildman–Crippen LogP) is 4.57. The molecule has 1 N–H and O–H groups in total. The number of aliphatic hydroxyl groups is 1. The number of methoxy groups -OCH3 is 1. The molecule has 32 heavy (non-hydrogen) atoms. The molecule has 1 atom stereocenters. The summed E-state index contributed by atoms with van der Waals surface area (Å²) in [5, 5.41) is 13.3. The second-order valence-corrected chi connectivity index (χ2v) is 8.01. The number of anilines is 1. The second kappa shape index (κ2) is 9.23. The molecule has 0 spiro atoms. The maximum Gasteiger partial charge on any atom is 0.301 e. The topological polar surface area (TPSA) is 89.0 Å². The van der Waals surface area contributed by atoms with E-state index in [1.54, 1.807) is 67.2 Å². The van der Waals surface area contributed by atoms with Gasteiger partial charge in [0.05, 0.1) is 25.3 Å². The zero-order valence-electron chi connectivity index (χ0n) is 17.6. The number of hydrogen-bond acceptors (Lipinski definition) is 7. The molecule has 1 saturated heterocycles. The van der Waals surface area contributed by atoms with Crippen LogP contribution in [0.4, 0.5) is 5.13 Å². The van der Waals surface area contributed by atoms with Crippen molar-refractivity contribution >= 4 is 33.9 Å². The molecule has 1 aliphatic heterocycles. The molecular weight excluding hydrogens is 428 g/mol. The van der Waals surface area contributed by atoms with Gasteiger partial charge in [-0.1, -0.05) is 31.2 Å². The lowest BCUT2D eigenvalue weighted by atomic mass is 9.95. The van der Waals surface area contributed by atoms with Crippen LogP contribution in [0.15, 0.2) is 65.7 Å². The first-order valence-corrected chi connectivity index (χ1v) is 11.0. The molecule has 1 unspecified atom stereocenters. The van der Waals surface area contributed by atoms with Crippen molar-refractivity contribution in [2.75, 3.05) is 18.6 Å². The third-order valence-corrected chi connectivity index (χ3v) is 5.83. The minimum atomic E-state index is -0.850. The van der Waals surface area contributed by atoms with E-state index in [4.69, 9.17) is 9.47 Å². The number of carbonyl (C=O) groups is 2. The Morgan fingerprint density at radius 2 is 1.94 bits per heavy atom. The molecule has 4 rings (SSSR count). The van der Waals surface area contributed by atoms with E-state index in [0.29, 0.717) is 34.4 Å². The van der Waals surface area contributed by atoms with Gasteiger partial charge in [0.15, 0.2) is 5.13 Å². The van der Waals surface area contributed by atoms with Gasteiger partial charge >= 0.3 is 5.91 Å². The van der Waals surface area contributed by atoms with Gasteiger partial charge in [0.25, 0.3) is 5.78 Å². The van der Waals surface area contributed by atoms with Crippen molar-refractivity contribution < 1.29 is 24.2 Å². The highest BCUT2D eigenvalue weighted by Gasteiger charge is 2.48. The van der Waals surface area contributed by atoms with E-state index in [-0.39, 0.29) is 11.3 Å².